The predicted molar refractivity (Wildman–Crippen MR) is 62.2 cm³/mol. The van der Waals surface area contributed by atoms with Gasteiger partial charge in [-0.1, -0.05) is 0 Å². The molecule has 0 saturated heterocycles. The number of hydrogen-bond donors (Lipinski definition) is 1. The molecule has 6 heteroatoms. The lowest BCUT2D eigenvalue weighted by Gasteiger charge is -2.13. The molecular weight excluding hydrogens is 242 g/mol. The van der Waals surface area contributed by atoms with Crippen molar-refractivity contribution in [1.29, 1.82) is 0 Å². The van der Waals surface area contributed by atoms with E-state index >= 15 is 0 Å². The molecule has 0 aliphatic carbocycles. The molecule has 1 aromatic heterocycles. The largest absolute Gasteiger partial charge is 0.466 e. The van der Waals surface area contributed by atoms with E-state index in [0.29, 0.717) is 5.69 Å². The van der Waals surface area contributed by atoms with Crippen molar-refractivity contribution in [3.63, 3.8) is 0 Å². The zero-order chi connectivity index (χ0) is 13.7. The maximum Gasteiger partial charge on any atom is 0.311 e. The van der Waals surface area contributed by atoms with Crippen molar-refractivity contribution in [3.8, 4) is 0 Å². The van der Waals surface area contributed by atoms with E-state index < -0.39 is 12.4 Å². The van der Waals surface area contributed by atoms with Crippen LogP contribution in [-0.4, -0.2) is 17.6 Å². The number of nitrogens with two attached hydrogens (primary N) is 1. The van der Waals surface area contributed by atoms with Gasteiger partial charge in [0.2, 0.25) is 0 Å². The van der Waals surface area contributed by atoms with Crippen molar-refractivity contribution >= 4 is 5.97 Å². The molecule has 0 aromatic carbocycles. The molecule has 0 bridgehead atoms. The molecule has 0 fully saturated rings. The molecule has 0 saturated carbocycles. The van der Waals surface area contributed by atoms with Crippen LogP contribution < -0.4 is 5.73 Å². The van der Waals surface area contributed by atoms with Crippen LogP contribution in [0.3, 0.4) is 0 Å². The topological polar surface area (TPSA) is 65.2 Å². The fraction of sp³-hybridized carbons (Fsp3) is 0.500. The molecule has 18 heavy (non-hydrogen) atoms. The van der Waals surface area contributed by atoms with Gasteiger partial charge in [-0.2, -0.15) is 0 Å². The molecule has 1 rings (SSSR count). The number of aromatic nitrogens is 1. The second kappa shape index (κ2) is 6.39. The summed E-state index contributed by atoms with van der Waals surface area (Å²) in [5.41, 5.74) is 6.23. The van der Waals surface area contributed by atoms with Crippen molar-refractivity contribution in [3.05, 3.63) is 28.6 Å². The highest BCUT2D eigenvalue weighted by molar-refractivity contribution is 5.72. The first kappa shape index (κ1) is 14.5. The summed E-state index contributed by atoms with van der Waals surface area (Å²) >= 11 is 0. The lowest BCUT2D eigenvalue weighted by molar-refractivity contribution is -0.142. The third-order valence-corrected chi connectivity index (χ3v) is 2.43. The molecule has 1 heterocycles. The summed E-state index contributed by atoms with van der Waals surface area (Å²) in [6.45, 7) is 3.43. The molecule has 1 aromatic rings. The zero-order valence-corrected chi connectivity index (χ0v) is 10.4. The highest BCUT2D eigenvalue weighted by atomic mass is 19.3. The number of ether oxygens (including phenoxy) is 1. The van der Waals surface area contributed by atoms with Crippen molar-refractivity contribution in [2.45, 2.75) is 33.2 Å². The first-order valence-electron chi connectivity index (χ1n) is 5.62. The molecular formula is C12H16F2N2O2. The number of halogens is 2. The standard InChI is InChI=1S/C12H16F2N2O2/c1-3-18-11(17)5-10-9(6-15)8(12(13)14)4-7(2)16-10/h4,12H,3,5-6,15H2,1-2H3. The second-order valence-corrected chi connectivity index (χ2v) is 3.76. The van der Waals surface area contributed by atoms with E-state index in [-0.39, 0.29) is 36.4 Å². The number of esters is 1. The lowest BCUT2D eigenvalue weighted by Crippen LogP contribution is -2.15. The number of carbonyl (C=O) groups excluding carboxylic acids is 1. The van der Waals surface area contributed by atoms with Gasteiger partial charge in [0.25, 0.3) is 6.43 Å². The van der Waals surface area contributed by atoms with Gasteiger partial charge < -0.3 is 10.5 Å². The fourth-order valence-electron chi connectivity index (χ4n) is 1.72. The molecule has 0 radical (unpaired) electrons. The summed E-state index contributed by atoms with van der Waals surface area (Å²) in [6.07, 6.45) is -2.77. The molecule has 0 spiro atoms. The van der Waals surface area contributed by atoms with E-state index in [9.17, 15) is 13.6 Å². The Bertz CT molecular complexity index is 436. The minimum atomic E-state index is -2.63. The summed E-state index contributed by atoms with van der Waals surface area (Å²) in [5, 5.41) is 0. The first-order valence-corrected chi connectivity index (χ1v) is 5.62. The Labute approximate surface area is 104 Å². The smallest absolute Gasteiger partial charge is 0.311 e. The SMILES string of the molecule is CCOC(=O)Cc1nc(C)cc(C(F)F)c1CN. The van der Waals surface area contributed by atoms with Crippen LogP contribution in [0.2, 0.25) is 0 Å². The van der Waals surface area contributed by atoms with Gasteiger partial charge in [-0.3, -0.25) is 9.78 Å². The van der Waals surface area contributed by atoms with Crippen LogP contribution in [0.4, 0.5) is 8.78 Å². The van der Waals surface area contributed by atoms with Crippen molar-refractivity contribution < 1.29 is 18.3 Å². The number of pyridine rings is 1. The number of hydrogen-bond acceptors (Lipinski definition) is 4. The monoisotopic (exact) mass is 258 g/mol. The molecule has 0 unspecified atom stereocenters. The number of rotatable bonds is 5. The van der Waals surface area contributed by atoms with Crippen LogP contribution in [0.15, 0.2) is 6.07 Å². The summed E-state index contributed by atoms with van der Waals surface area (Å²) in [4.78, 5) is 15.5. The average molecular weight is 258 g/mol. The van der Waals surface area contributed by atoms with E-state index in [0.717, 1.165) is 0 Å². The number of carbonyl (C=O) groups is 1. The fourth-order valence-corrected chi connectivity index (χ4v) is 1.72. The summed E-state index contributed by atoms with van der Waals surface area (Å²) < 4.78 is 30.5. The zero-order valence-electron chi connectivity index (χ0n) is 10.4. The second-order valence-electron chi connectivity index (χ2n) is 3.76. The Morgan fingerprint density at radius 1 is 1.56 bits per heavy atom. The van der Waals surface area contributed by atoms with Crippen molar-refractivity contribution in [2.24, 2.45) is 5.73 Å². The minimum Gasteiger partial charge on any atom is -0.466 e. The van der Waals surface area contributed by atoms with E-state index in [1.54, 1.807) is 13.8 Å². The third-order valence-electron chi connectivity index (χ3n) is 2.43. The quantitative estimate of drug-likeness (QED) is 0.819. The Morgan fingerprint density at radius 3 is 2.72 bits per heavy atom. The highest BCUT2D eigenvalue weighted by Gasteiger charge is 2.19. The average Bonchev–Trinajstić information content (AvgIpc) is 2.28. The van der Waals surface area contributed by atoms with E-state index in [2.05, 4.69) is 4.98 Å². The van der Waals surface area contributed by atoms with Crippen LogP contribution >= 0.6 is 0 Å². The van der Waals surface area contributed by atoms with Crippen LogP contribution in [0.1, 0.15) is 35.9 Å². The summed E-state index contributed by atoms with van der Waals surface area (Å²) in [5.74, 6) is -0.495. The maximum absolute atomic E-state index is 12.9. The van der Waals surface area contributed by atoms with Crippen LogP contribution in [-0.2, 0) is 22.5 Å². The Morgan fingerprint density at radius 2 is 2.22 bits per heavy atom. The third kappa shape index (κ3) is 3.46. The van der Waals surface area contributed by atoms with Gasteiger partial charge in [0, 0.05) is 17.8 Å². The molecule has 100 valence electrons. The lowest BCUT2D eigenvalue weighted by atomic mass is 10.0. The number of aryl methyl sites for hydroxylation is 1. The van der Waals surface area contributed by atoms with E-state index in [4.69, 9.17) is 10.5 Å². The molecule has 0 amide bonds. The minimum absolute atomic E-state index is 0.0817. The Hall–Kier alpha value is -1.56. The van der Waals surface area contributed by atoms with Gasteiger partial charge in [-0.15, -0.1) is 0 Å². The Kier molecular flexibility index (Phi) is 5.15. The molecule has 2 N–H and O–H groups in total. The van der Waals surface area contributed by atoms with E-state index in [1.807, 2.05) is 0 Å². The first-order chi connectivity index (χ1) is 8.49. The number of nitrogens with zero attached hydrogens (tertiary/aromatic N) is 1. The molecule has 0 atom stereocenters. The van der Waals surface area contributed by atoms with Crippen LogP contribution in [0.5, 0.6) is 0 Å². The van der Waals surface area contributed by atoms with Gasteiger partial charge in [0.1, 0.15) is 0 Å². The van der Waals surface area contributed by atoms with Gasteiger partial charge in [-0.25, -0.2) is 8.78 Å². The summed E-state index contributed by atoms with van der Waals surface area (Å²) in [6, 6.07) is 1.29. The van der Waals surface area contributed by atoms with Gasteiger partial charge in [0.15, 0.2) is 0 Å². The van der Waals surface area contributed by atoms with Gasteiger partial charge >= 0.3 is 5.97 Å². The van der Waals surface area contributed by atoms with Crippen LogP contribution in [0, 0.1) is 6.92 Å². The molecule has 0 aliphatic rings. The number of alkyl halides is 2. The normalized spacial score (nSPS) is 10.8. The van der Waals surface area contributed by atoms with Gasteiger partial charge in [-0.05, 0) is 25.5 Å². The molecule has 4 nitrogen and oxygen atoms in total. The predicted octanol–water partition coefficient (Wildman–Crippen LogP) is 1.89. The maximum atomic E-state index is 12.9. The van der Waals surface area contributed by atoms with Gasteiger partial charge in [0.05, 0.1) is 18.7 Å². The van der Waals surface area contributed by atoms with Crippen LogP contribution in [0.25, 0.3) is 0 Å². The molecule has 0 aliphatic heterocycles. The Balaban J connectivity index is 3.13. The van der Waals surface area contributed by atoms with Crippen molar-refractivity contribution in [2.75, 3.05) is 6.61 Å². The van der Waals surface area contributed by atoms with Crippen molar-refractivity contribution in [1.82, 2.24) is 4.98 Å². The highest BCUT2D eigenvalue weighted by Crippen LogP contribution is 2.25. The summed E-state index contributed by atoms with van der Waals surface area (Å²) in [7, 11) is 0. The van der Waals surface area contributed by atoms with E-state index in [1.165, 1.54) is 6.07 Å².